The Labute approximate surface area is 240 Å². The van der Waals surface area contributed by atoms with Crippen molar-refractivity contribution in [2.45, 2.75) is 77.7 Å². The molecule has 7 heteroatoms. The summed E-state index contributed by atoms with van der Waals surface area (Å²) in [6.07, 6.45) is 11.8. The summed E-state index contributed by atoms with van der Waals surface area (Å²) in [5, 5.41) is 0.708. The molecule has 4 heterocycles. The summed E-state index contributed by atoms with van der Waals surface area (Å²) >= 11 is 6.03. The molecule has 3 aliphatic rings. The van der Waals surface area contributed by atoms with E-state index < -0.39 is 0 Å². The molecule has 3 fully saturated rings. The molecule has 0 saturated carbocycles. The summed E-state index contributed by atoms with van der Waals surface area (Å²) in [4.78, 5) is 25.9. The van der Waals surface area contributed by atoms with Gasteiger partial charge in [-0.3, -0.25) is 9.69 Å². The first-order valence-corrected chi connectivity index (χ1v) is 15.8. The van der Waals surface area contributed by atoms with E-state index in [-0.39, 0.29) is 5.92 Å². The summed E-state index contributed by atoms with van der Waals surface area (Å²) < 4.78 is 5.96. The molecule has 3 aliphatic heterocycles. The summed E-state index contributed by atoms with van der Waals surface area (Å²) in [5.41, 5.74) is 1.93. The van der Waals surface area contributed by atoms with Gasteiger partial charge in [0, 0.05) is 42.6 Å². The van der Waals surface area contributed by atoms with Gasteiger partial charge in [-0.1, -0.05) is 24.4 Å². The third-order valence-corrected chi connectivity index (χ3v) is 9.38. The van der Waals surface area contributed by atoms with Gasteiger partial charge in [-0.25, -0.2) is 4.98 Å². The van der Waals surface area contributed by atoms with Crippen molar-refractivity contribution in [3.05, 3.63) is 40.7 Å². The van der Waals surface area contributed by atoms with Crippen LogP contribution in [0.25, 0.3) is 11.5 Å². The van der Waals surface area contributed by atoms with Crippen LogP contribution in [0.4, 0.5) is 0 Å². The van der Waals surface area contributed by atoms with Crippen LogP contribution < -0.4 is 0 Å². The third-order valence-electron chi connectivity index (χ3n) is 9.13. The molecule has 1 aromatic heterocycles. The van der Waals surface area contributed by atoms with Crippen molar-refractivity contribution in [1.82, 2.24) is 19.7 Å². The highest BCUT2D eigenvalue weighted by Gasteiger charge is 2.28. The van der Waals surface area contributed by atoms with E-state index >= 15 is 0 Å². The van der Waals surface area contributed by atoms with Gasteiger partial charge in [-0.05, 0) is 121 Å². The molecule has 0 bridgehead atoms. The number of aryl methyl sites for hydroxylation is 1. The Kier molecular flexibility index (Phi) is 10.5. The van der Waals surface area contributed by atoms with Crippen LogP contribution in [0.5, 0.6) is 0 Å². The number of piperidine rings is 3. The molecule has 0 radical (unpaired) electrons. The lowest BCUT2D eigenvalue weighted by Gasteiger charge is -2.35. The van der Waals surface area contributed by atoms with Crippen LogP contribution in [0, 0.1) is 18.8 Å². The molecule has 2 aromatic rings. The Balaban J connectivity index is 1.09. The van der Waals surface area contributed by atoms with E-state index in [1.807, 2.05) is 31.2 Å². The van der Waals surface area contributed by atoms with Crippen molar-refractivity contribution in [3.63, 3.8) is 0 Å². The first-order valence-electron chi connectivity index (χ1n) is 15.5. The van der Waals surface area contributed by atoms with Crippen LogP contribution in [0.2, 0.25) is 5.02 Å². The number of hydrogen-bond acceptors (Lipinski definition) is 6. The SMILES string of the molecule is Cc1oc(-c2ccc(Cl)cc2)nc1CN1CCC(C(=O)CCC(CN2CCCCC2)CN2CCCCC2)CC1. The first kappa shape index (κ1) is 28.8. The second-order valence-corrected chi connectivity index (χ2v) is 12.6. The van der Waals surface area contributed by atoms with E-state index in [1.165, 1.54) is 77.8 Å². The Hall–Kier alpha value is -1.73. The predicted octanol–water partition coefficient (Wildman–Crippen LogP) is 6.45. The molecular formula is C32H47ClN4O2. The van der Waals surface area contributed by atoms with Crippen molar-refractivity contribution in [1.29, 1.82) is 0 Å². The Morgan fingerprint density at radius 1 is 0.897 bits per heavy atom. The maximum atomic E-state index is 13.3. The number of nitrogens with zero attached hydrogens (tertiary/aromatic N) is 4. The lowest BCUT2D eigenvalue weighted by Crippen LogP contribution is -2.41. The number of carbonyl (C=O) groups excluding carboxylic acids is 1. The van der Waals surface area contributed by atoms with Crippen molar-refractivity contribution in [3.8, 4) is 11.5 Å². The van der Waals surface area contributed by atoms with Gasteiger partial charge in [0.1, 0.15) is 11.5 Å². The van der Waals surface area contributed by atoms with Gasteiger partial charge in [-0.15, -0.1) is 0 Å². The van der Waals surface area contributed by atoms with Crippen LogP contribution in [0.3, 0.4) is 0 Å². The second kappa shape index (κ2) is 14.2. The minimum atomic E-state index is 0.218. The molecule has 0 unspecified atom stereocenters. The van der Waals surface area contributed by atoms with E-state index in [0.717, 1.165) is 62.3 Å². The number of likely N-dealkylation sites (tertiary alicyclic amines) is 3. The number of carbonyl (C=O) groups is 1. The van der Waals surface area contributed by atoms with Gasteiger partial charge in [0.25, 0.3) is 0 Å². The van der Waals surface area contributed by atoms with Gasteiger partial charge in [0.2, 0.25) is 5.89 Å². The number of oxazole rings is 1. The summed E-state index contributed by atoms with van der Waals surface area (Å²) in [7, 11) is 0. The first-order chi connectivity index (χ1) is 19.0. The fourth-order valence-electron chi connectivity index (χ4n) is 6.72. The van der Waals surface area contributed by atoms with Gasteiger partial charge in [0.15, 0.2) is 0 Å². The van der Waals surface area contributed by atoms with E-state index in [9.17, 15) is 4.79 Å². The minimum absolute atomic E-state index is 0.218. The molecule has 0 aliphatic carbocycles. The van der Waals surface area contributed by atoms with Crippen LogP contribution >= 0.6 is 11.6 Å². The smallest absolute Gasteiger partial charge is 0.226 e. The van der Waals surface area contributed by atoms with Crippen LogP contribution in [0.15, 0.2) is 28.7 Å². The normalized spacial score (nSPS) is 20.6. The van der Waals surface area contributed by atoms with Crippen LogP contribution in [0.1, 0.15) is 75.7 Å². The zero-order chi connectivity index (χ0) is 27.0. The van der Waals surface area contributed by atoms with E-state index in [0.29, 0.717) is 22.6 Å². The van der Waals surface area contributed by atoms with Crippen molar-refractivity contribution in [2.24, 2.45) is 11.8 Å². The van der Waals surface area contributed by atoms with Gasteiger partial charge in [0.05, 0.1) is 5.69 Å². The highest BCUT2D eigenvalue weighted by Crippen LogP contribution is 2.27. The zero-order valence-corrected chi connectivity index (χ0v) is 24.6. The number of aromatic nitrogens is 1. The van der Waals surface area contributed by atoms with Gasteiger partial charge in [-0.2, -0.15) is 0 Å². The number of halogens is 1. The van der Waals surface area contributed by atoms with Crippen molar-refractivity contribution in [2.75, 3.05) is 52.4 Å². The fraction of sp³-hybridized carbons (Fsp3) is 0.688. The third kappa shape index (κ3) is 8.39. The summed E-state index contributed by atoms with van der Waals surface area (Å²) in [6.45, 7) is 12.0. The van der Waals surface area contributed by atoms with Gasteiger partial charge < -0.3 is 14.2 Å². The summed E-state index contributed by atoms with van der Waals surface area (Å²) in [6, 6.07) is 7.61. The lowest BCUT2D eigenvalue weighted by atomic mass is 9.88. The average molecular weight is 555 g/mol. The molecular weight excluding hydrogens is 508 g/mol. The monoisotopic (exact) mass is 554 g/mol. The van der Waals surface area contributed by atoms with Crippen molar-refractivity contribution >= 4 is 17.4 Å². The number of Topliss-reactive ketones (excluding diaryl/α,β-unsaturated/α-hetero) is 1. The quantitative estimate of drug-likeness (QED) is 0.318. The number of benzene rings is 1. The Morgan fingerprint density at radius 3 is 2.08 bits per heavy atom. The number of ketones is 1. The topological polar surface area (TPSA) is 52.8 Å². The molecule has 0 spiro atoms. The zero-order valence-electron chi connectivity index (χ0n) is 23.9. The highest BCUT2D eigenvalue weighted by molar-refractivity contribution is 6.30. The Morgan fingerprint density at radius 2 is 1.49 bits per heavy atom. The molecule has 1 aromatic carbocycles. The van der Waals surface area contributed by atoms with Gasteiger partial charge >= 0.3 is 0 Å². The molecule has 0 N–H and O–H groups in total. The number of hydrogen-bond donors (Lipinski definition) is 0. The number of rotatable bonds is 11. The maximum Gasteiger partial charge on any atom is 0.226 e. The second-order valence-electron chi connectivity index (χ2n) is 12.2. The molecule has 5 rings (SSSR count). The molecule has 214 valence electrons. The lowest BCUT2D eigenvalue weighted by molar-refractivity contribution is -0.124. The standard InChI is InChI=1S/C32H47ClN4O2/c1-25-30(34-32(39-25)28-9-11-29(33)12-10-28)24-37-20-14-27(15-21-37)31(38)13-8-26(22-35-16-4-2-5-17-35)23-36-18-6-3-7-19-36/h9-12,26-27H,2-8,13-24H2,1H3. The average Bonchev–Trinajstić information content (AvgIpc) is 3.33. The molecule has 39 heavy (non-hydrogen) atoms. The van der Waals surface area contributed by atoms with Crippen LogP contribution in [-0.2, 0) is 11.3 Å². The molecule has 3 saturated heterocycles. The molecule has 6 nitrogen and oxygen atoms in total. The Bertz CT molecular complexity index is 1010. The van der Waals surface area contributed by atoms with E-state index in [1.54, 1.807) is 0 Å². The summed E-state index contributed by atoms with van der Waals surface area (Å²) in [5.74, 6) is 2.85. The van der Waals surface area contributed by atoms with Crippen LogP contribution in [-0.4, -0.2) is 77.8 Å². The van der Waals surface area contributed by atoms with Crippen molar-refractivity contribution < 1.29 is 9.21 Å². The van der Waals surface area contributed by atoms with E-state index in [2.05, 4.69) is 14.7 Å². The molecule has 0 amide bonds. The van der Waals surface area contributed by atoms with E-state index in [4.69, 9.17) is 21.0 Å². The molecule has 0 atom stereocenters. The maximum absolute atomic E-state index is 13.3. The largest absolute Gasteiger partial charge is 0.441 e. The minimum Gasteiger partial charge on any atom is -0.441 e. The predicted molar refractivity (Wildman–Crippen MR) is 158 cm³/mol. The fourth-order valence-corrected chi connectivity index (χ4v) is 6.85. The highest BCUT2D eigenvalue weighted by atomic mass is 35.5.